The number of hydrogen-bond acceptors (Lipinski definition) is 3. The van der Waals surface area contributed by atoms with Crippen molar-refractivity contribution >= 4 is 11.3 Å². The number of aromatic nitrogens is 1. The van der Waals surface area contributed by atoms with E-state index in [1.54, 1.807) is 0 Å². The second-order valence-electron chi connectivity index (χ2n) is 14.0. The number of anilines is 1. The molecule has 0 bridgehead atoms. The molecule has 6 aromatic rings. The third-order valence-corrected chi connectivity index (χ3v) is 11.4. The fourth-order valence-corrected chi connectivity index (χ4v) is 9.24. The molecule has 3 unspecified atom stereocenters. The third kappa shape index (κ3) is 4.08. The number of aromatic amines is 1. The maximum Gasteiger partial charge on any atom is 0.132 e. The van der Waals surface area contributed by atoms with Crippen LogP contribution in [0.4, 0.5) is 5.69 Å². The van der Waals surface area contributed by atoms with Crippen molar-refractivity contribution in [3.8, 4) is 34.3 Å². The predicted octanol–water partition coefficient (Wildman–Crippen LogP) is 11.3. The van der Waals surface area contributed by atoms with Crippen molar-refractivity contribution in [3.63, 3.8) is 0 Å². The van der Waals surface area contributed by atoms with Gasteiger partial charge in [0.15, 0.2) is 0 Å². The topological polar surface area (TPSA) is 37.5 Å². The van der Waals surface area contributed by atoms with Gasteiger partial charge in [0, 0.05) is 57.0 Å². The van der Waals surface area contributed by atoms with Crippen LogP contribution in [0.5, 0.6) is 23.0 Å². The summed E-state index contributed by atoms with van der Waals surface area (Å²) in [5, 5.41) is 0. The molecule has 3 aliphatic heterocycles. The Hall–Kier alpha value is -6.26. The van der Waals surface area contributed by atoms with Crippen LogP contribution in [0.3, 0.4) is 0 Å². The number of nitrogens with one attached hydrogen (secondary N) is 1. The molecular weight excluding hydrogens is 625 g/mol. The molecule has 3 atom stereocenters. The average Bonchev–Trinajstić information content (AvgIpc) is 3.85. The summed E-state index contributed by atoms with van der Waals surface area (Å²) in [4.78, 5) is 5.94. The van der Waals surface area contributed by atoms with Gasteiger partial charge >= 0.3 is 0 Å². The number of ether oxygens (including phenoxy) is 2. The second kappa shape index (κ2) is 10.9. The number of fused-ring (bicyclic) bond motifs is 10. The predicted molar refractivity (Wildman–Crippen MR) is 203 cm³/mol. The molecule has 51 heavy (non-hydrogen) atoms. The lowest BCUT2D eigenvalue weighted by molar-refractivity contribution is 0.399. The smallest absolute Gasteiger partial charge is 0.132 e. The molecule has 2 aliphatic carbocycles. The minimum absolute atomic E-state index is 0.256. The Morgan fingerprint density at radius 2 is 1.35 bits per heavy atom. The number of para-hydroxylation sites is 3. The van der Waals surface area contributed by atoms with Crippen LogP contribution in [0.1, 0.15) is 40.7 Å². The first-order chi connectivity index (χ1) is 25.3. The first-order valence-corrected chi connectivity index (χ1v) is 17.9. The van der Waals surface area contributed by atoms with E-state index in [9.17, 15) is 0 Å². The lowest BCUT2D eigenvalue weighted by Crippen LogP contribution is -2.37. The summed E-state index contributed by atoms with van der Waals surface area (Å²) in [6.07, 6.45) is 16.1. The van der Waals surface area contributed by atoms with Crippen molar-refractivity contribution in [2.45, 2.75) is 24.3 Å². The monoisotopic (exact) mass is 658 g/mol. The third-order valence-electron chi connectivity index (χ3n) is 11.4. The van der Waals surface area contributed by atoms with Crippen LogP contribution in [0.15, 0.2) is 175 Å². The minimum atomic E-state index is -0.653. The van der Waals surface area contributed by atoms with Crippen LogP contribution >= 0.6 is 0 Å². The Bertz CT molecular complexity index is 2490. The van der Waals surface area contributed by atoms with Crippen LogP contribution in [-0.4, -0.2) is 11.0 Å². The molecule has 0 saturated carbocycles. The summed E-state index contributed by atoms with van der Waals surface area (Å²) in [5.41, 5.74) is 12.5. The molecule has 0 radical (unpaired) electrons. The lowest BCUT2D eigenvalue weighted by atomic mass is 9.62. The zero-order valence-corrected chi connectivity index (χ0v) is 27.9. The summed E-state index contributed by atoms with van der Waals surface area (Å²) < 4.78 is 13.5. The highest BCUT2D eigenvalue weighted by Crippen LogP contribution is 2.62. The zero-order chi connectivity index (χ0) is 33.5. The van der Waals surface area contributed by atoms with Crippen LogP contribution in [0, 0.1) is 5.92 Å². The van der Waals surface area contributed by atoms with Gasteiger partial charge in [-0.1, -0.05) is 103 Å². The second-order valence-corrected chi connectivity index (χ2v) is 14.0. The van der Waals surface area contributed by atoms with E-state index in [1.165, 1.54) is 28.1 Å². The molecule has 11 rings (SSSR count). The lowest BCUT2D eigenvalue weighted by Gasteiger charge is -2.45. The Labute approximate surface area is 297 Å². The number of nitrogens with zero attached hydrogens (tertiary/aromatic N) is 1. The summed E-state index contributed by atoms with van der Waals surface area (Å²) in [7, 11) is 0. The van der Waals surface area contributed by atoms with Gasteiger partial charge in [-0.25, -0.2) is 0 Å². The number of allylic oxidation sites excluding steroid dienone is 5. The van der Waals surface area contributed by atoms with E-state index in [-0.39, 0.29) is 12.0 Å². The van der Waals surface area contributed by atoms with Gasteiger partial charge < -0.3 is 19.4 Å². The molecule has 244 valence electrons. The van der Waals surface area contributed by atoms with Gasteiger partial charge in [0.05, 0.1) is 11.5 Å². The summed E-state index contributed by atoms with van der Waals surface area (Å²) in [5.74, 6) is 3.71. The first-order valence-electron chi connectivity index (χ1n) is 17.9. The number of hydrogen-bond donors (Lipinski definition) is 1. The van der Waals surface area contributed by atoms with E-state index < -0.39 is 5.41 Å². The highest BCUT2D eigenvalue weighted by Gasteiger charge is 2.51. The van der Waals surface area contributed by atoms with Crippen LogP contribution in [-0.2, 0) is 5.41 Å². The van der Waals surface area contributed by atoms with Crippen molar-refractivity contribution in [3.05, 3.63) is 203 Å². The van der Waals surface area contributed by atoms with Gasteiger partial charge in [0.2, 0.25) is 0 Å². The number of H-pyrrole nitrogens is 1. The first kappa shape index (κ1) is 28.6. The molecule has 5 aromatic carbocycles. The zero-order valence-electron chi connectivity index (χ0n) is 27.9. The van der Waals surface area contributed by atoms with E-state index in [2.05, 4.69) is 162 Å². The molecule has 0 amide bonds. The number of benzene rings is 5. The van der Waals surface area contributed by atoms with Crippen LogP contribution in [0.2, 0.25) is 0 Å². The van der Waals surface area contributed by atoms with Crippen molar-refractivity contribution in [2.75, 3.05) is 4.90 Å². The quantitative estimate of drug-likeness (QED) is 0.205. The summed E-state index contributed by atoms with van der Waals surface area (Å²) in [6.45, 7) is 0. The standard InChI is InChI=1S/C47H34N2O2/c1-2-11-33(12-3-1)49-41-17-7-4-13-34(41)35-27-30(21-24-42(35)49)31-22-25-45-39(28-31)47(36-14-5-8-18-43(36)50-45)37-15-6-9-19-44(37)51-46-29-32(20-23-38(46)47)40-16-10-26-48-40/h1-6,8-16,18-29,35,42,48H,7,17H2. The van der Waals surface area contributed by atoms with Gasteiger partial charge in [-0.15, -0.1) is 0 Å². The maximum atomic E-state index is 6.77. The van der Waals surface area contributed by atoms with Crippen LogP contribution < -0.4 is 14.4 Å². The fraction of sp³-hybridized carbons (Fsp3) is 0.106. The van der Waals surface area contributed by atoms with E-state index >= 15 is 0 Å². The van der Waals surface area contributed by atoms with E-state index in [1.807, 2.05) is 12.3 Å². The molecule has 5 aliphatic rings. The average molecular weight is 659 g/mol. The van der Waals surface area contributed by atoms with Crippen molar-refractivity contribution in [2.24, 2.45) is 5.92 Å². The molecule has 1 spiro atoms. The summed E-state index contributed by atoms with van der Waals surface area (Å²) in [6, 6.07) is 45.7. The molecular formula is C47H34N2O2. The Morgan fingerprint density at radius 3 is 2.16 bits per heavy atom. The molecule has 1 N–H and O–H groups in total. The molecule has 4 nitrogen and oxygen atoms in total. The Balaban J connectivity index is 1.10. The van der Waals surface area contributed by atoms with E-state index in [0.29, 0.717) is 0 Å². The maximum absolute atomic E-state index is 6.77. The highest BCUT2D eigenvalue weighted by molar-refractivity contribution is 5.83. The molecule has 0 saturated heterocycles. The van der Waals surface area contributed by atoms with Crippen molar-refractivity contribution in [1.29, 1.82) is 0 Å². The number of rotatable bonds is 3. The normalized spacial score (nSPS) is 21.8. The molecule has 0 fully saturated rings. The van der Waals surface area contributed by atoms with Crippen LogP contribution in [0.25, 0.3) is 16.8 Å². The minimum Gasteiger partial charge on any atom is -0.457 e. The van der Waals surface area contributed by atoms with Gasteiger partial charge in [0.25, 0.3) is 0 Å². The molecule has 1 aromatic heterocycles. The van der Waals surface area contributed by atoms with Gasteiger partial charge in [-0.05, 0) is 84.1 Å². The van der Waals surface area contributed by atoms with Gasteiger partial charge in [0.1, 0.15) is 23.0 Å². The van der Waals surface area contributed by atoms with Gasteiger partial charge in [-0.3, -0.25) is 0 Å². The fourth-order valence-electron chi connectivity index (χ4n) is 9.24. The molecule has 4 heterocycles. The van der Waals surface area contributed by atoms with Crippen molar-refractivity contribution in [1.82, 2.24) is 4.98 Å². The molecule has 4 heteroatoms. The highest BCUT2D eigenvalue weighted by atomic mass is 16.5. The SMILES string of the molecule is C1=CC2=C(CC1)N(c1ccccc1)C1C=CC(c3ccc4c(c3)C3(c5ccccc5Oc5cc(-c6ccc[nH]6)ccc53)c3ccccc3O4)=CC21. The Morgan fingerprint density at radius 1 is 0.627 bits per heavy atom. The Kier molecular flexibility index (Phi) is 6.09. The van der Waals surface area contributed by atoms with Crippen molar-refractivity contribution < 1.29 is 9.47 Å². The summed E-state index contributed by atoms with van der Waals surface area (Å²) >= 11 is 0. The van der Waals surface area contributed by atoms with E-state index in [4.69, 9.17) is 9.47 Å². The van der Waals surface area contributed by atoms with Gasteiger partial charge in [-0.2, -0.15) is 0 Å². The van der Waals surface area contributed by atoms with E-state index in [0.717, 1.165) is 69.4 Å². The largest absolute Gasteiger partial charge is 0.457 e.